The predicted molar refractivity (Wildman–Crippen MR) is 86.8 cm³/mol. The fourth-order valence-electron chi connectivity index (χ4n) is 2.99. The van der Waals surface area contributed by atoms with Gasteiger partial charge in [0.05, 0.1) is 11.3 Å². The molecule has 0 aliphatic carbocycles. The van der Waals surface area contributed by atoms with Crippen LogP contribution >= 0.6 is 0 Å². The molecule has 6 nitrogen and oxygen atoms in total. The third-order valence-electron chi connectivity index (χ3n) is 4.40. The predicted octanol–water partition coefficient (Wildman–Crippen LogP) is 2.49. The van der Waals surface area contributed by atoms with E-state index in [1.54, 1.807) is 12.3 Å². The Morgan fingerprint density at radius 3 is 2.96 bits per heavy atom. The van der Waals surface area contributed by atoms with Crippen LogP contribution in [-0.2, 0) is 6.54 Å². The normalized spacial score (nSPS) is 18.0. The Morgan fingerprint density at radius 2 is 2.30 bits per heavy atom. The summed E-state index contributed by atoms with van der Waals surface area (Å²) in [7, 11) is 0. The van der Waals surface area contributed by atoms with Gasteiger partial charge in [-0.15, -0.1) is 0 Å². The van der Waals surface area contributed by atoms with Gasteiger partial charge in [-0.1, -0.05) is 5.16 Å². The zero-order valence-corrected chi connectivity index (χ0v) is 13.5. The maximum absolute atomic E-state index is 8.78. The zero-order chi connectivity index (χ0) is 16.2. The summed E-state index contributed by atoms with van der Waals surface area (Å²) in [6.07, 6.45) is 2.77. The molecule has 1 aliphatic rings. The van der Waals surface area contributed by atoms with Gasteiger partial charge >= 0.3 is 0 Å². The zero-order valence-electron chi connectivity index (χ0n) is 13.5. The first-order valence-electron chi connectivity index (χ1n) is 7.90. The van der Waals surface area contributed by atoms with Crippen LogP contribution < -0.4 is 5.32 Å². The molecule has 3 heterocycles. The van der Waals surface area contributed by atoms with Gasteiger partial charge in [0.25, 0.3) is 0 Å². The summed E-state index contributed by atoms with van der Waals surface area (Å²) in [6, 6.07) is 5.72. The number of aryl methyl sites for hydroxylation is 2. The summed E-state index contributed by atoms with van der Waals surface area (Å²) in [5, 5.41) is 16.2. The van der Waals surface area contributed by atoms with E-state index in [9.17, 15) is 0 Å². The van der Waals surface area contributed by atoms with Crippen LogP contribution in [0.4, 0.5) is 5.82 Å². The average molecular weight is 311 g/mol. The van der Waals surface area contributed by atoms with Crippen LogP contribution in [0.3, 0.4) is 0 Å². The van der Waals surface area contributed by atoms with Gasteiger partial charge in [0, 0.05) is 31.4 Å². The lowest BCUT2D eigenvalue weighted by Crippen LogP contribution is -2.23. The van der Waals surface area contributed by atoms with E-state index in [-0.39, 0.29) is 0 Å². The Labute approximate surface area is 136 Å². The van der Waals surface area contributed by atoms with Crippen molar-refractivity contribution in [2.75, 3.05) is 25.0 Å². The molecule has 1 fully saturated rings. The van der Waals surface area contributed by atoms with Gasteiger partial charge in [-0.3, -0.25) is 4.90 Å². The van der Waals surface area contributed by atoms with Crippen LogP contribution in [0.1, 0.15) is 29.0 Å². The fraction of sp³-hybridized carbons (Fsp3) is 0.471. The van der Waals surface area contributed by atoms with Gasteiger partial charge in [-0.25, -0.2) is 4.98 Å². The van der Waals surface area contributed by atoms with Crippen molar-refractivity contribution < 1.29 is 4.52 Å². The van der Waals surface area contributed by atoms with Gasteiger partial charge in [-0.2, -0.15) is 5.26 Å². The molecular formula is C17H21N5O. The van der Waals surface area contributed by atoms with E-state index in [2.05, 4.69) is 26.4 Å². The number of nitrogens with one attached hydrogen (secondary N) is 1. The van der Waals surface area contributed by atoms with Crippen molar-refractivity contribution in [2.24, 2.45) is 5.92 Å². The Hall–Kier alpha value is -2.39. The van der Waals surface area contributed by atoms with E-state index in [4.69, 9.17) is 9.78 Å². The number of aromatic nitrogens is 2. The van der Waals surface area contributed by atoms with Gasteiger partial charge in [-0.05, 0) is 44.9 Å². The second-order valence-electron chi connectivity index (χ2n) is 6.12. The van der Waals surface area contributed by atoms with Crippen molar-refractivity contribution in [1.82, 2.24) is 15.0 Å². The molecule has 2 aromatic rings. The lowest BCUT2D eigenvalue weighted by molar-refractivity contribution is 0.315. The molecule has 0 radical (unpaired) electrons. The van der Waals surface area contributed by atoms with E-state index in [0.717, 1.165) is 43.5 Å². The van der Waals surface area contributed by atoms with Crippen LogP contribution in [0.2, 0.25) is 0 Å². The lowest BCUT2D eigenvalue weighted by atomic mass is 10.1. The minimum atomic E-state index is 0.585. The Morgan fingerprint density at radius 1 is 1.43 bits per heavy atom. The molecule has 6 heteroatoms. The van der Waals surface area contributed by atoms with E-state index >= 15 is 0 Å². The molecule has 2 aromatic heterocycles. The Kier molecular flexibility index (Phi) is 4.58. The maximum atomic E-state index is 8.78. The molecule has 3 rings (SSSR count). The summed E-state index contributed by atoms with van der Waals surface area (Å²) >= 11 is 0. The van der Waals surface area contributed by atoms with E-state index < -0.39 is 0 Å². The minimum Gasteiger partial charge on any atom is -0.370 e. The van der Waals surface area contributed by atoms with E-state index in [0.29, 0.717) is 11.5 Å². The highest BCUT2D eigenvalue weighted by Gasteiger charge is 2.24. The average Bonchev–Trinajstić information content (AvgIpc) is 3.15. The number of likely N-dealkylation sites (tertiary alicyclic amines) is 1. The van der Waals surface area contributed by atoms with E-state index in [1.165, 1.54) is 12.0 Å². The Balaban J connectivity index is 1.49. The molecule has 1 atom stereocenters. The van der Waals surface area contributed by atoms with Crippen LogP contribution in [-0.4, -0.2) is 34.7 Å². The van der Waals surface area contributed by atoms with Crippen molar-refractivity contribution in [3.8, 4) is 6.07 Å². The summed E-state index contributed by atoms with van der Waals surface area (Å²) < 4.78 is 5.24. The molecule has 0 bridgehead atoms. The topological polar surface area (TPSA) is 78.0 Å². The third kappa shape index (κ3) is 3.69. The van der Waals surface area contributed by atoms with Crippen LogP contribution in [0.25, 0.3) is 0 Å². The highest BCUT2D eigenvalue weighted by Crippen LogP contribution is 2.22. The quantitative estimate of drug-likeness (QED) is 0.914. The van der Waals surface area contributed by atoms with Gasteiger partial charge in [0.1, 0.15) is 17.6 Å². The highest BCUT2D eigenvalue weighted by molar-refractivity contribution is 5.38. The lowest BCUT2D eigenvalue weighted by Gasteiger charge is -2.16. The SMILES string of the molecule is Cc1noc(C)c1CN1CC[C@H](CNc2ccc(C#N)cn2)C1. The molecule has 0 spiro atoms. The number of hydrogen-bond acceptors (Lipinski definition) is 6. The standard InChI is InChI=1S/C17H21N5O/c1-12-16(13(2)23-21-12)11-22-6-5-15(10-22)9-20-17-4-3-14(7-18)8-19-17/h3-4,8,15H,5-6,9-11H2,1-2H3,(H,19,20)/t15-/m1/s1. The molecule has 0 unspecified atom stereocenters. The number of nitriles is 1. The molecule has 0 saturated carbocycles. The molecule has 1 saturated heterocycles. The van der Waals surface area contributed by atoms with Crippen LogP contribution in [0.5, 0.6) is 0 Å². The second-order valence-corrected chi connectivity index (χ2v) is 6.12. The van der Waals surface area contributed by atoms with Crippen molar-refractivity contribution in [3.63, 3.8) is 0 Å². The molecule has 23 heavy (non-hydrogen) atoms. The van der Waals surface area contributed by atoms with Crippen molar-refractivity contribution in [3.05, 3.63) is 40.9 Å². The summed E-state index contributed by atoms with van der Waals surface area (Å²) in [5.74, 6) is 2.35. The van der Waals surface area contributed by atoms with Crippen LogP contribution in [0, 0.1) is 31.1 Å². The minimum absolute atomic E-state index is 0.585. The fourth-order valence-corrected chi connectivity index (χ4v) is 2.99. The van der Waals surface area contributed by atoms with Gasteiger partial charge in [0.15, 0.2) is 0 Å². The molecular weight excluding hydrogens is 290 g/mol. The Bertz CT molecular complexity index is 681. The molecule has 120 valence electrons. The largest absolute Gasteiger partial charge is 0.370 e. The summed E-state index contributed by atoms with van der Waals surface area (Å²) in [6.45, 7) is 7.94. The van der Waals surface area contributed by atoms with Gasteiger partial charge in [0.2, 0.25) is 0 Å². The number of hydrogen-bond donors (Lipinski definition) is 1. The van der Waals surface area contributed by atoms with Crippen molar-refractivity contribution >= 4 is 5.82 Å². The summed E-state index contributed by atoms with van der Waals surface area (Å²) in [5.41, 5.74) is 2.79. The molecule has 0 amide bonds. The molecule has 1 aliphatic heterocycles. The first kappa shape index (κ1) is 15.5. The number of pyridine rings is 1. The first-order valence-corrected chi connectivity index (χ1v) is 7.90. The summed E-state index contributed by atoms with van der Waals surface area (Å²) in [4.78, 5) is 6.70. The van der Waals surface area contributed by atoms with Crippen molar-refractivity contribution in [1.29, 1.82) is 5.26 Å². The molecule has 0 aromatic carbocycles. The number of rotatable bonds is 5. The molecule has 1 N–H and O–H groups in total. The number of nitrogens with zero attached hydrogens (tertiary/aromatic N) is 4. The van der Waals surface area contributed by atoms with E-state index in [1.807, 2.05) is 19.9 Å². The smallest absolute Gasteiger partial charge is 0.138 e. The second kappa shape index (κ2) is 6.80. The van der Waals surface area contributed by atoms with Crippen LogP contribution in [0.15, 0.2) is 22.9 Å². The van der Waals surface area contributed by atoms with Gasteiger partial charge < -0.3 is 9.84 Å². The first-order chi connectivity index (χ1) is 11.2. The third-order valence-corrected chi connectivity index (χ3v) is 4.40. The monoisotopic (exact) mass is 311 g/mol. The maximum Gasteiger partial charge on any atom is 0.138 e. The highest BCUT2D eigenvalue weighted by atomic mass is 16.5. The number of anilines is 1. The van der Waals surface area contributed by atoms with Crippen molar-refractivity contribution in [2.45, 2.75) is 26.8 Å².